The van der Waals surface area contributed by atoms with E-state index in [9.17, 15) is 9.59 Å². The zero-order chi connectivity index (χ0) is 26.8. The Bertz CT molecular complexity index is 1470. The summed E-state index contributed by atoms with van der Waals surface area (Å²) in [5, 5.41) is 8.07. The number of imidazole rings is 1. The summed E-state index contributed by atoms with van der Waals surface area (Å²) in [5.74, 6) is 0.235. The molecular weight excluding hydrogens is 504 g/mol. The molecule has 0 radical (unpaired) electrons. The molecule has 6 rings (SSSR count). The predicted molar refractivity (Wildman–Crippen MR) is 140 cm³/mol. The SMILES string of the molecule is NC(=O)NCC1OC(n2cnc3c(NC(=O)Nc4ccccc4)ncnc32)C2OC(Cc3ccccc3)OC12. The summed E-state index contributed by atoms with van der Waals surface area (Å²) in [6.45, 7) is 0.141. The molecule has 5 N–H and O–H groups in total. The number of para-hydroxylation sites is 1. The maximum absolute atomic E-state index is 12.6. The number of amides is 4. The maximum atomic E-state index is 12.6. The fourth-order valence-electron chi connectivity index (χ4n) is 4.81. The zero-order valence-electron chi connectivity index (χ0n) is 20.6. The molecule has 13 nitrogen and oxygen atoms in total. The first-order valence-corrected chi connectivity index (χ1v) is 12.4. The number of nitrogens with two attached hydrogens (primary N) is 1. The minimum absolute atomic E-state index is 0.141. The Kier molecular flexibility index (Phi) is 6.75. The van der Waals surface area contributed by atoms with E-state index in [1.165, 1.54) is 6.33 Å². The molecule has 5 unspecified atom stereocenters. The number of hydrogen-bond donors (Lipinski definition) is 4. The van der Waals surface area contributed by atoms with Crippen LogP contribution in [0.15, 0.2) is 73.3 Å². The van der Waals surface area contributed by atoms with Gasteiger partial charge in [-0.3, -0.25) is 9.88 Å². The predicted octanol–water partition coefficient (Wildman–Crippen LogP) is 2.39. The molecule has 4 amide bonds. The molecule has 2 aromatic carbocycles. The fraction of sp³-hybridized carbons (Fsp3) is 0.269. The van der Waals surface area contributed by atoms with Crippen LogP contribution in [0.3, 0.4) is 0 Å². The fourth-order valence-corrected chi connectivity index (χ4v) is 4.81. The second kappa shape index (κ2) is 10.6. The second-order valence-corrected chi connectivity index (χ2v) is 9.12. The van der Waals surface area contributed by atoms with E-state index in [1.54, 1.807) is 23.0 Å². The third-order valence-electron chi connectivity index (χ3n) is 6.52. The molecular formula is C26H26N8O5. The first-order valence-electron chi connectivity index (χ1n) is 12.4. The van der Waals surface area contributed by atoms with Crippen molar-refractivity contribution in [1.82, 2.24) is 24.8 Å². The van der Waals surface area contributed by atoms with Gasteiger partial charge in [-0.15, -0.1) is 0 Å². The van der Waals surface area contributed by atoms with E-state index in [2.05, 4.69) is 30.9 Å². The number of fused-ring (bicyclic) bond motifs is 2. The number of aromatic nitrogens is 4. The molecule has 4 heterocycles. The van der Waals surface area contributed by atoms with E-state index < -0.39 is 42.9 Å². The number of anilines is 2. The van der Waals surface area contributed by atoms with Crippen LogP contribution in [0, 0.1) is 0 Å². The minimum Gasteiger partial charge on any atom is -0.352 e. The zero-order valence-corrected chi connectivity index (χ0v) is 20.6. The lowest BCUT2D eigenvalue weighted by Gasteiger charge is -2.21. The molecule has 0 bridgehead atoms. The van der Waals surface area contributed by atoms with Crippen molar-refractivity contribution in [3.8, 4) is 0 Å². The third kappa shape index (κ3) is 5.23. The average molecular weight is 531 g/mol. The van der Waals surface area contributed by atoms with Crippen LogP contribution in [0.4, 0.5) is 21.1 Å². The number of hydrogen-bond acceptors (Lipinski definition) is 8. The molecule has 0 saturated carbocycles. The van der Waals surface area contributed by atoms with Crippen LogP contribution in [0.25, 0.3) is 11.2 Å². The van der Waals surface area contributed by atoms with Crippen molar-refractivity contribution in [2.45, 2.75) is 37.3 Å². The highest BCUT2D eigenvalue weighted by Crippen LogP contribution is 2.41. The summed E-state index contributed by atoms with van der Waals surface area (Å²) >= 11 is 0. The Morgan fingerprint density at radius 2 is 1.64 bits per heavy atom. The van der Waals surface area contributed by atoms with Gasteiger partial charge in [0, 0.05) is 18.7 Å². The van der Waals surface area contributed by atoms with E-state index >= 15 is 0 Å². The van der Waals surface area contributed by atoms with Gasteiger partial charge in [0.15, 0.2) is 29.5 Å². The van der Waals surface area contributed by atoms with Gasteiger partial charge >= 0.3 is 12.1 Å². The summed E-state index contributed by atoms with van der Waals surface area (Å²) in [7, 11) is 0. The van der Waals surface area contributed by atoms with Gasteiger partial charge in [0.05, 0.1) is 6.33 Å². The van der Waals surface area contributed by atoms with Gasteiger partial charge in [-0.1, -0.05) is 48.5 Å². The van der Waals surface area contributed by atoms with Crippen molar-refractivity contribution >= 4 is 34.7 Å². The molecule has 2 aliphatic heterocycles. The minimum atomic E-state index is -0.665. The molecule has 39 heavy (non-hydrogen) atoms. The molecule has 5 atom stereocenters. The average Bonchev–Trinajstić information content (AvgIpc) is 3.63. The number of rotatable bonds is 7. The van der Waals surface area contributed by atoms with Crippen molar-refractivity contribution in [2.24, 2.45) is 5.73 Å². The van der Waals surface area contributed by atoms with Gasteiger partial charge in [-0.05, 0) is 17.7 Å². The Hall–Kier alpha value is -4.59. The summed E-state index contributed by atoms with van der Waals surface area (Å²) in [6, 6.07) is 17.8. The van der Waals surface area contributed by atoms with Crippen molar-refractivity contribution < 1.29 is 23.8 Å². The molecule has 0 spiro atoms. The van der Waals surface area contributed by atoms with Gasteiger partial charge in [0.2, 0.25) is 0 Å². The van der Waals surface area contributed by atoms with Crippen LogP contribution in [0.1, 0.15) is 11.8 Å². The first-order chi connectivity index (χ1) is 19.0. The van der Waals surface area contributed by atoms with Crippen LogP contribution in [-0.2, 0) is 20.6 Å². The van der Waals surface area contributed by atoms with Gasteiger partial charge in [0.1, 0.15) is 24.6 Å². The van der Waals surface area contributed by atoms with Gasteiger partial charge < -0.3 is 30.6 Å². The summed E-state index contributed by atoms with van der Waals surface area (Å²) in [6.07, 6.45) is 0.762. The first kappa shape index (κ1) is 24.7. The molecule has 4 aromatic rings. The van der Waals surface area contributed by atoms with E-state index in [0.29, 0.717) is 23.3 Å². The van der Waals surface area contributed by atoms with Gasteiger partial charge in [-0.25, -0.2) is 24.5 Å². The number of carbonyl (C=O) groups is 2. The van der Waals surface area contributed by atoms with E-state index in [4.69, 9.17) is 19.9 Å². The molecule has 2 fully saturated rings. The Balaban J connectivity index is 1.24. The maximum Gasteiger partial charge on any atom is 0.324 e. The largest absolute Gasteiger partial charge is 0.352 e. The second-order valence-electron chi connectivity index (χ2n) is 9.12. The standard InChI is InChI=1S/C26H26N8O5/c27-25(35)28-12-17-20-21(39-18(38-20)11-15-7-3-1-4-8-15)24(37-17)34-14-31-19-22(29-13-30-23(19)34)33-26(36)32-16-9-5-2-6-10-16/h1-10,13-14,17-18,20-21,24H,11-12H2,(H3,27,28,35)(H2,29,30,32,33,36). The molecule has 200 valence electrons. The number of nitrogens with one attached hydrogen (secondary N) is 3. The molecule has 2 saturated heterocycles. The monoisotopic (exact) mass is 530 g/mol. The quantitative estimate of drug-likeness (QED) is 0.282. The number of urea groups is 2. The van der Waals surface area contributed by atoms with Crippen LogP contribution in [0.2, 0.25) is 0 Å². The summed E-state index contributed by atoms with van der Waals surface area (Å²) < 4.78 is 20.5. The third-order valence-corrected chi connectivity index (χ3v) is 6.52. The van der Waals surface area contributed by atoms with Crippen LogP contribution in [0.5, 0.6) is 0 Å². The topological polar surface area (TPSA) is 168 Å². The van der Waals surface area contributed by atoms with Crippen molar-refractivity contribution in [3.63, 3.8) is 0 Å². The van der Waals surface area contributed by atoms with E-state index in [0.717, 1.165) is 5.56 Å². The Labute approximate surface area is 222 Å². The lowest BCUT2D eigenvalue weighted by molar-refractivity contribution is -0.142. The normalized spacial score (nSPS) is 23.8. The van der Waals surface area contributed by atoms with Crippen molar-refractivity contribution in [3.05, 3.63) is 78.9 Å². The lowest BCUT2D eigenvalue weighted by atomic mass is 10.1. The lowest BCUT2D eigenvalue weighted by Crippen LogP contribution is -2.41. The van der Waals surface area contributed by atoms with Crippen molar-refractivity contribution in [1.29, 1.82) is 0 Å². The Morgan fingerprint density at radius 1 is 0.897 bits per heavy atom. The number of primary amides is 1. The number of nitrogens with zero attached hydrogens (tertiary/aromatic N) is 4. The van der Waals surface area contributed by atoms with Crippen molar-refractivity contribution in [2.75, 3.05) is 17.2 Å². The van der Waals surface area contributed by atoms with E-state index in [1.807, 2.05) is 48.5 Å². The molecule has 2 aliphatic rings. The number of ether oxygens (including phenoxy) is 3. The van der Waals surface area contributed by atoms with Crippen LogP contribution in [-0.4, -0.2) is 62.7 Å². The number of carbonyl (C=O) groups excluding carboxylic acids is 2. The van der Waals surface area contributed by atoms with Crippen LogP contribution < -0.4 is 21.7 Å². The summed E-state index contributed by atoms with van der Waals surface area (Å²) in [4.78, 5) is 37.0. The van der Waals surface area contributed by atoms with Gasteiger partial charge in [-0.2, -0.15) is 0 Å². The molecule has 2 aromatic heterocycles. The highest BCUT2D eigenvalue weighted by Gasteiger charge is 2.53. The molecule has 0 aliphatic carbocycles. The number of benzene rings is 2. The Morgan fingerprint density at radius 3 is 2.41 bits per heavy atom. The highest BCUT2D eigenvalue weighted by molar-refractivity contribution is 6.02. The smallest absolute Gasteiger partial charge is 0.324 e. The van der Waals surface area contributed by atoms with Gasteiger partial charge in [0.25, 0.3) is 0 Å². The van der Waals surface area contributed by atoms with Crippen LogP contribution >= 0.6 is 0 Å². The highest BCUT2D eigenvalue weighted by atomic mass is 16.8. The molecule has 13 heteroatoms. The summed E-state index contributed by atoms with van der Waals surface area (Å²) in [5.41, 5.74) is 7.80. The van der Waals surface area contributed by atoms with E-state index in [-0.39, 0.29) is 12.4 Å².